The third-order valence-electron chi connectivity index (χ3n) is 3.55. The van der Waals surface area contributed by atoms with Crippen LogP contribution in [0.25, 0.3) is 0 Å². The number of benzene rings is 1. The number of methoxy groups -OCH3 is 1. The van der Waals surface area contributed by atoms with E-state index in [9.17, 15) is 9.90 Å². The summed E-state index contributed by atoms with van der Waals surface area (Å²) in [6.07, 6.45) is 1.56. The molecule has 5 nitrogen and oxygen atoms in total. The van der Waals surface area contributed by atoms with Crippen LogP contribution in [0.1, 0.15) is 44.0 Å². The van der Waals surface area contributed by atoms with Crippen LogP contribution in [0.3, 0.4) is 0 Å². The van der Waals surface area contributed by atoms with Gasteiger partial charge >= 0.3 is 0 Å². The summed E-state index contributed by atoms with van der Waals surface area (Å²) >= 11 is 0. The molecule has 1 N–H and O–H groups in total. The van der Waals surface area contributed by atoms with Crippen LogP contribution < -0.4 is 9.47 Å². The Hall–Kier alpha value is -1.59. The first-order valence-corrected chi connectivity index (χ1v) is 8.23. The Kier molecular flexibility index (Phi) is 8.66. The second kappa shape index (κ2) is 10.2. The van der Waals surface area contributed by atoms with Crippen LogP contribution in [0.4, 0.5) is 0 Å². The lowest BCUT2D eigenvalue weighted by Gasteiger charge is -2.24. The smallest absolute Gasteiger partial charge is 0.161 e. The quantitative estimate of drug-likeness (QED) is 0.635. The first-order chi connectivity index (χ1) is 11.0. The SMILES string of the molecule is CCCN(CCC)CC(O)COc1ccc(C(C)=O)cc1OC. The van der Waals surface area contributed by atoms with Gasteiger partial charge in [-0.2, -0.15) is 0 Å². The van der Waals surface area contributed by atoms with Gasteiger partial charge in [0, 0.05) is 12.1 Å². The van der Waals surface area contributed by atoms with E-state index in [0.29, 0.717) is 23.6 Å². The van der Waals surface area contributed by atoms with Gasteiger partial charge in [0.1, 0.15) is 12.7 Å². The van der Waals surface area contributed by atoms with Crippen LogP contribution in [0.2, 0.25) is 0 Å². The van der Waals surface area contributed by atoms with Gasteiger partial charge in [0.05, 0.1) is 7.11 Å². The van der Waals surface area contributed by atoms with E-state index in [2.05, 4.69) is 18.7 Å². The number of aliphatic hydroxyl groups is 1. The second-order valence-electron chi connectivity index (χ2n) is 5.69. The molecule has 0 fully saturated rings. The molecule has 1 unspecified atom stereocenters. The maximum atomic E-state index is 11.4. The topological polar surface area (TPSA) is 59.0 Å². The second-order valence-corrected chi connectivity index (χ2v) is 5.69. The molecule has 0 saturated carbocycles. The minimum absolute atomic E-state index is 0.0235. The summed E-state index contributed by atoms with van der Waals surface area (Å²) in [5, 5.41) is 10.2. The van der Waals surface area contributed by atoms with Crippen molar-refractivity contribution in [2.24, 2.45) is 0 Å². The molecular weight excluding hydrogens is 294 g/mol. The van der Waals surface area contributed by atoms with Gasteiger partial charge in [0.25, 0.3) is 0 Å². The molecule has 5 heteroatoms. The molecule has 0 aromatic heterocycles. The first-order valence-electron chi connectivity index (χ1n) is 8.23. The molecule has 0 amide bonds. The predicted octanol–water partition coefficient (Wildman–Crippen LogP) is 2.76. The Bertz CT molecular complexity index is 484. The Morgan fingerprint density at radius 3 is 2.39 bits per heavy atom. The molecule has 130 valence electrons. The van der Waals surface area contributed by atoms with Crippen molar-refractivity contribution in [2.75, 3.05) is 33.4 Å². The van der Waals surface area contributed by atoms with Crippen LogP contribution >= 0.6 is 0 Å². The van der Waals surface area contributed by atoms with Crippen LogP contribution in [-0.4, -0.2) is 55.2 Å². The summed E-state index contributed by atoms with van der Waals surface area (Å²) in [6, 6.07) is 5.07. The largest absolute Gasteiger partial charge is 0.493 e. The number of ether oxygens (including phenoxy) is 2. The fraction of sp³-hybridized carbons (Fsp3) is 0.611. The Labute approximate surface area is 139 Å². The van der Waals surface area contributed by atoms with Crippen molar-refractivity contribution in [2.45, 2.75) is 39.7 Å². The fourth-order valence-corrected chi connectivity index (χ4v) is 2.47. The van der Waals surface area contributed by atoms with Gasteiger partial charge in [-0.1, -0.05) is 13.8 Å². The molecule has 0 radical (unpaired) electrons. The highest BCUT2D eigenvalue weighted by Gasteiger charge is 2.13. The predicted molar refractivity (Wildman–Crippen MR) is 91.5 cm³/mol. The molecule has 0 aliphatic heterocycles. The number of ketones is 1. The number of Topliss-reactive ketones (excluding diaryl/α,β-unsaturated/α-hetero) is 1. The zero-order valence-electron chi connectivity index (χ0n) is 14.7. The molecule has 1 atom stereocenters. The van der Waals surface area contributed by atoms with Crippen molar-refractivity contribution in [3.05, 3.63) is 23.8 Å². The Morgan fingerprint density at radius 2 is 1.87 bits per heavy atom. The highest BCUT2D eigenvalue weighted by molar-refractivity contribution is 5.94. The number of aliphatic hydroxyl groups excluding tert-OH is 1. The third kappa shape index (κ3) is 6.59. The van der Waals surface area contributed by atoms with Crippen molar-refractivity contribution in [1.82, 2.24) is 4.90 Å². The zero-order valence-corrected chi connectivity index (χ0v) is 14.7. The molecule has 0 aliphatic rings. The zero-order chi connectivity index (χ0) is 17.2. The summed E-state index contributed by atoms with van der Waals surface area (Å²) in [5.74, 6) is 1.02. The lowest BCUT2D eigenvalue weighted by Crippen LogP contribution is -2.36. The van der Waals surface area contributed by atoms with E-state index in [-0.39, 0.29) is 12.4 Å². The van der Waals surface area contributed by atoms with Gasteiger partial charge in [-0.05, 0) is 51.1 Å². The third-order valence-corrected chi connectivity index (χ3v) is 3.55. The monoisotopic (exact) mass is 323 g/mol. The normalized spacial score (nSPS) is 12.3. The van der Waals surface area contributed by atoms with Crippen molar-refractivity contribution in [3.8, 4) is 11.5 Å². The minimum Gasteiger partial charge on any atom is -0.493 e. The lowest BCUT2D eigenvalue weighted by molar-refractivity contribution is 0.0671. The molecule has 0 heterocycles. The maximum Gasteiger partial charge on any atom is 0.161 e. The number of carbonyl (C=O) groups is 1. The van der Waals surface area contributed by atoms with E-state index in [4.69, 9.17) is 9.47 Å². The number of nitrogens with zero attached hydrogens (tertiary/aromatic N) is 1. The molecule has 1 aromatic rings. The molecule has 0 saturated heterocycles. The van der Waals surface area contributed by atoms with E-state index in [0.717, 1.165) is 25.9 Å². The van der Waals surface area contributed by atoms with E-state index in [1.165, 1.54) is 14.0 Å². The van der Waals surface area contributed by atoms with Gasteiger partial charge < -0.3 is 19.5 Å². The number of rotatable bonds is 11. The average molecular weight is 323 g/mol. The number of carbonyl (C=O) groups excluding carboxylic acids is 1. The highest BCUT2D eigenvalue weighted by Crippen LogP contribution is 2.28. The fourth-order valence-electron chi connectivity index (χ4n) is 2.47. The summed E-state index contributed by atoms with van der Waals surface area (Å²) in [6.45, 7) is 8.51. The average Bonchev–Trinajstić information content (AvgIpc) is 2.53. The van der Waals surface area contributed by atoms with E-state index >= 15 is 0 Å². The molecule has 1 aromatic carbocycles. The molecule has 1 rings (SSSR count). The van der Waals surface area contributed by atoms with Gasteiger partial charge in [-0.25, -0.2) is 0 Å². The maximum absolute atomic E-state index is 11.4. The first kappa shape index (κ1) is 19.5. The van der Waals surface area contributed by atoms with Crippen LogP contribution in [-0.2, 0) is 0 Å². The van der Waals surface area contributed by atoms with E-state index in [1.54, 1.807) is 18.2 Å². The van der Waals surface area contributed by atoms with Gasteiger partial charge in [-0.3, -0.25) is 4.79 Å². The minimum atomic E-state index is -0.565. The van der Waals surface area contributed by atoms with Crippen molar-refractivity contribution in [3.63, 3.8) is 0 Å². The van der Waals surface area contributed by atoms with E-state index in [1.807, 2.05) is 0 Å². The van der Waals surface area contributed by atoms with Crippen molar-refractivity contribution < 1.29 is 19.4 Å². The standard InChI is InChI=1S/C18H29NO4/c1-5-9-19(10-6-2)12-16(21)13-23-17-8-7-15(14(3)20)11-18(17)22-4/h7-8,11,16,21H,5-6,9-10,12-13H2,1-4H3. The molecule has 0 bridgehead atoms. The summed E-state index contributed by atoms with van der Waals surface area (Å²) in [4.78, 5) is 13.6. The molecule has 0 spiro atoms. The van der Waals surface area contributed by atoms with Crippen LogP contribution in [0, 0.1) is 0 Å². The van der Waals surface area contributed by atoms with Crippen LogP contribution in [0.5, 0.6) is 11.5 Å². The van der Waals surface area contributed by atoms with Crippen molar-refractivity contribution >= 4 is 5.78 Å². The Morgan fingerprint density at radius 1 is 1.22 bits per heavy atom. The number of hydrogen-bond acceptors (Lipinski definition) is 5. The summed E-state index contributed by atoms with van der Waals surface area (Å²) in [5.41, 5.74) is 0.576. The molecular formula is C18H29NO4. The van der Waals surface area contributed by atoms with Gasteiger partial charge in [-0.15, -0.1) is 0 Å². The lowest BCUT2D eigenvalue weighted by atomic mass is 10.1. The van der Waals surface area contributed by atoms with Gasteiger partial charge in [0.2, 0.25) is 0 Å². The summed E-state index contributed by atoms with van der Waals surface area (Å²) < 4.78 is 10.9. The van der Waals surface area contributed by atoms with Crippen molar-refractivity contribution in [1.29, 1.82) is 0 Å². The number of hydrogen-bond donors (Lipinski definition) is 1. The summed E-state index contributed by atoms with van der Waals surface area (Å²) in [7, 11) is 1.53. The molecule has 0 aliphatic carbocycles. The highest BCUT2D eigenvalue weighted by atomic mass is 16.5. The Balaban J connectivity index is 2.61. The van der Waals surface area contributed by atoms with Crippen LogP contribution in [0.15, 0.2) is 18.2 Å². The van der Waals surface area contributed by atoms with Gasteiger partial charge in [0.15, 0.2) is 17.3 Å². The molecule has 23 heavy (non-hydrogen) atoms. The van der Waals surface area contributed by atoms with E-state index < -0.39 is 6.10 Å².